The van der Waals surface area contributed by atoms with Crippen LogP contribution in [-0.2, 0) is 20.7 Å². The zero-order valence-electron chi connectivity index (χ0n) is 13.8. The fraction of sp³-hybridized carbons (Fsp3) is 0.267. The number of carbonyl (C=O) groups is 3. The van der Waals surface area contributed by atoms with Gasteiger partial charge in [-0.05, 0) is 30.1 Å². The Morgan fingerprint density at radius 2 is 1.89 bits per heavy atom. The van der Waals surface area contributed by atoms with Crippen molar-refractivity contribution in [3.05, 3.63) is 40.2 Å². The number of aromatic nitrogens is 2. The van der Waals surface area contributed by atoms with Crippen LogP contribution in [0.3, 0.4) is 0 Å². The molecule has 2 aromatic rings. The van der Waals surface area contributed by atoms with E-state index in [1.54, 1.807) is 6.92 Å². The lowest BCUT2D eigenvalue weighted by Crippen LogP contribution is -2.35. The Kier molecular flexibility index (Phi) is 6.82. The third-order valence-electron chi connectivity index (χ3n) is 3.17. The van der Waals surface area contributed by atoms with Gasteiger partial charge in [0.05, 0.1) is 17.9 Å². The van der Waals surface area contributed by atoms with Crippen molar-refractivity contribution in [1.82, 2.24) is 14.9 Å². The van der Waals surface area contributed by atoms with Crippen LogP contribution in [0.15, 0.2) is 12.1 Å². The Labute approximate surface area is 154 Å². The molecule has 1 heterocycles. The smallest absolute Gasteiger partial charge is 0.352 e. The second kappa shape index (κ2) is 9.07. The number of halogens is 3. The van der Waals surface area contributed by atoms with E-state index in [-0.39, 0.29) is 4.88 Å². The first kappa shape index (κ1) is 20.3. The van der Waals surface area contributed by atoms with Crippen LogP contribution in [0.1, 0.15) is 22.3 Å². The third-order valence-corrected chi connectivity index (χ3v) is 3.91. The number of carbonyl (C=O) groups excluding carboxylic acids is 3. The highest BCUT2D eigenvalue weighted by Gasteiger charge is 2.18. The molecular weight excluding hydrogens is 389 g/mol. The summed E-state index contributed by atoms with van der Waals surface area (Å²) < 4.78 is 47.7. The zero-order valence-corrected chi connectivity index (χ0v) is 14.7. The lowest BCUT2D eigenvalue weighted by molar-refractivity contribution is -0.126. The molecule has 1 aromatic carbocycles. The second-order valence-corrected chi connectivity index (χ2v) is 5.78. The highest BCUT2D eigenvalue weighted by Crippen LogP contribution is 2.19. The Morgan fingerprint density at radius 1 is 1.15 bits per heavy atom. The van der Waals surface area contributed by atoms with E-state index in [0.717, 1.165) is 17.6 Å². The van der Waals surface area contributed by atoms with Crippen molar-refractivity contribution in [2.75, 3.05) is 18.5 Å². The van der Waals surface area contributed by atoms with Gasteiger partial charge in [0.2, 0.25) is 5.91 Å². The summed E-state index contributed by atoms with van der Waals surface area (Å²) in [5, 5.41) is 7.84. The molecule has 0 aliphatic carbocycles. The van der Waals surface area contributed by atoms with Crippen LogP contribution >= 0.6 is 11.5 Å². The molecule has 0 radical (unpaired) electrons. The Morgan fingerprint density at radius 3 is 2.59 bits per heavy atom. The van der Waals surface area contributed by atoms with E-state index in [4.69, 9.17) is 4.74 Å². The average Bonchev–Trinajstić information content (AvgIpc) is 3.13. The van der Waals surface area contributed by atoms with Crippen LogP contribution in [0.2, 0.25) is 0 Å². The summed E-state index contributed by atoms with van der Waals surface area (Å²) >= 11 is 0.833. The highest BCUT2D eigenvalue weighted by molar-refractivity contribution is 7.07. The first-order valence-corrected chi connectivity index (χ1v) is 8.29. The Bertz CT molecular complexity index is 875. The van der Waals surface area contributed by atoms with E-state index in [0.29, 0.717) is 18.2 Å². The number of hydrogen-bond donors (Lipinski definition) is 2. The van der Waals surface area contributed by atoms with Crippen molar-refractivity contribution in [2.45, 2.75) is 13.3 Å². The van der Waals surface area contributed by atoms with Crippen molar-refractivity contribution in [3.63, 3.8) is 0 Å². The van der Waals surface area contributed by atoms with Crippen LogP contribution in [0, 0.1) is 17.5 Å². The van der Waals surface area contributed by atoms with Gasteiger partial charge in [-0.3, -0.25) is 9.59 Å². The maximum Gasteiger partial charge on any atom is 0.352 e. The van der Waals surface area contributed by atoms with Gasteiger partial charge in [-0.2, -0.15) is 0 Å². The van der Waals surface area contributed by atoms with E-state index in [2.05, 4.69) is 14.9 Å². The van der Waals surface area contributed by atoms with Gasteiger partial charge in [-0.1, -0.05) is 11.4 Å². The minimum atomic E-state index is -1.73. The molecule has 0 aliphatic heterocycles. The third kappa shape index (κ3) is 5.23. The van der Waals surface area contributed by atoms with Gasteiger partial charge in [0.1, 0.15) is 0 Å². The van der Waals surface area contributed by atoms with E-state index in [1.165, 1.54) is 0 Å². The van der Waals surface area contributed by atoms with E-state index < -0.39 is 54.1 Å². The van der Waals surface area contributed by atoms with Crippen molar-refractivity contribution in [2.24, 2.45) is 0 Å². The summed E-state index contributed by atoms with van der Waals surface area (Å²) in [5.41, 5.74) is -0.136. The first-order chi connectivity index (χ1) is 12.8. The van der Waals surface area contributed by atoms with Gasteiger partial charge in [0.25, 0.3) is 5.91 Å². The predicted molar refractivity (Wildman–Crippen MR) is 87.5 cm³/mol. The lowest BCUT2D eigenvalue weighted by atomic mass is 10.2. The van der Waals surface area contributed by atoms with Gasteiger partial charge >= 0.3 is 5.97 Å². The topological polar surface area (TPSA) is 110 Å². The number of hydrogen-bond acceptors (Lipinski definition) is 7. The fourth-order valence-electron chi connectivity index (χ4n) is 1.84. The van der Waals surface area contributed by atoms with E-state index in [9.17, 15) is 27.6 Å². The van der Waals surface area contributed by atoms with Gasteiger partial charge in [0, 0.05) is 0 Å². The van der Waals surface area contributed by atoms with Crippen LogP contribution in [0.5, 0.6) is 0 Å². The largest absolute Gasteiger partial charge is 0.451 e. The number of nitrogens with zero attached hydrogens (tertiary/aromatic N) is 2. The number of amides is 2. The molecule has 12 heteroatoms. The summed E-state index contributed by atoms with van der Waals surface area (Å²) in [6, 6.07) is 1.48. The molecule has 8 nitrogen and oxygen atoms in total. The molecule has 2 amide bonds. The van der Waals surface area contributed by atoms with Gasteiger partial charge in [0.15, 0.2) is 28.9 Å². The molecule has 0 atom stereocenters. The molecule has 0 unspecified atom stereocenters. The maximum absolute atomic E-state index is 13.4. The quantitative estimate of drug-likeness (QED) is 0.536. The fourth-order valence-corrected chi connectivity index (χ4v) is 2.48. The number of ether oxygens (including phenoxy) is 1. The van der Waals surface area contributed by atoms with Gasteiger partial charge in [-0.15, -0.1) is 5.10 Å². The lowest BCUT2D eigenvalue weighted by Gasteiger charge is -2.08. The average molecular weight is 402 g/mol. The first-order valence-electron chi connectivity index (χ1n) is 7.51. The van der Waals surface area contributed by atoms with Crippen molar-refractivity contribution in [3.8, 4) is 0 Å². The SMILES string of the molecule is CCc1nnsc1C(=O)OCC(=O)NCC(=O)Nc1ccc(F)c(F)c1F. The van der Waals surface area contributed by atoms with Crippen LogP contribution in [0.4, 0.5) is 18.9 Å². The number of nitrogens with one attached hydrogen (secondary N) is 2. The standard InChI is InChI=1S/C15H13F3N4O4S/c1-2-8-14(27-22-21-8)15(25)26-6-11(24)19-5-10(23)20-9-4-3-7(16)12(17)13(9)18/h3-4H,2,5-6H2,1H3,(H,19,24)(H,20,23). The molecular formula is C15H13F3N4O4S. The molecule has 144 valence electrons. The monoisotopic (exact) mass is 402 g/mol. The van der Waals surface area contributed by atoms with E-state index >= 15 is 0 Å². The van der Waals surface area contributed by atoms with Crippen LogP contribution in [0.25, 0.3) is 0 Å². The summed E-state index contributed by atoms with van der Waals surface area (Å²) in [6.07, 6.45) is 0.466. The number of rotatable bonds is 7. The molecule has 0 saturated heterocycles. The summed E-state index contributed by atoms with van der Waals surface area (Å²) in [6.45, 7) is 0.512. The second-order valence-electron chi connectivity index (χ2n) is 5.03. The minimum Gasteiger partial charge on any atom is -0.451 e. The molecule has 27 heavy (non-hydrogen) atoms. The molecule has 0 spiro atoms. The minimum absolute atomic E-state index is 0.178. The molecule has 0 aliphatic rings. The van der Waals surface area contributed by atoms with Crippen LogP contribution < -0.4 is 10.6 Å². The zero-order chi connectivity index (χ0) is 20.0. The highest BCUT2D eigenvalue weighted by atomic mass is 32.1. The number of benzene rings is 1. The molecule has 0 fully saturated rings. The number of esters is 1. The van der Waals surface area contributed by atoms with Gasteiger partial charge < -0.3 is 15.4 Å². The summed E-state index contributed by atoms with van der Waals surface area (Å²) in [7, 11) is 0. The molecule has 0 saturated carbocycles. The van der Waals surface area contributed by atoms with Crippen molar-refractivity contribution < 1.29 is 32.3 Å². The van der Waals surface area contributed by atoms with Crippen LogP contribution in [-0.4, -0.2) is 40.5 Å². The van der Waals surface area contributed by atoms with Crippen molar-refractivity contribution >= 4 is 35.0 Å². The number of aryl methyl sites for hydroxylation is 1. The molecule has 0 bridgehead atoms. The van der Waals surface area contributed by atoms with E-state index in [1.807, 2.05) is 5.32 Å². The Hall–Kier alpha value is -3.02. The summed E-state index contributed by atoms with van der Waals surface area (Å²) in [4.78, 5) is 35.2. The summed E-state index contributed by atoms with van der Waals surface area (Å²) in [5.74, 6) is -7.14. The molecule has 2 rings (SSSR count). The predicted octanol–water partition coefficient (Wildman–Crippen LogP) is 1.43. The Balaban J connectivity index is 1.79. The van der Waals surface area contributed by atoms with Crippen molar-refractivity contribution in [1.29, 1.82) is 0 Å². The van der Waals surface area contributed by atoms with Gasteiger partial charge in [-0.25, -0.2) is 18.0 Å². The normalized spacial score (nSPS) is 10.4. The molecule has 2 N–H and O–H groups in total. The number of anilines is 1. The maximum atomic E-state index is 13.4. The molecule has 1 aromatic heterocycles.